The van der Waals surface area contributed by atoms with E-state index in [1.165, 1.54) is 0 Å². The number of furan rings is 1. The van der Waals surface area contributed by atoms with Crippen LogP contribution in [0, 0.1) is 11.3 Å². The third-order valence-electron chi connectivity index (χ3n) is 3.98. The minimum Gasteiger partial charge on any atom is -0.464 e. The monoisotopic (exact) mass is 327 g/mol. The normalized spacial score (nSPS) is 14.0. The summed E-state index contributed by atoms with van der Waals surface area (Å²) in [5.41, 5.74) is 4.33. The van der Waals surface area contributed by atoms with E-state index in [0.717, 1.165) is 28.3 Å². The molecule has 0 saturated carbocycles. The molecule has 1 aromatic heterocycles. The van der Waals surface area contributed by atoms with Crippen LogP contribution in [-0.4, -0.2) is 5.91 Å². The number of carbonyl (C=O) groups is 1. The molecule has 3 aromatic rings. The number of rotatable bonds is 3. The Morgan fingerprint density at radius 1 is 1.12 bits per heavy atom. The number of nitrogens with zero attached hydrogens (tertiary/aromatic N) is 1. The zero-order valence-electron chi connectivity index (χ0n) is 13.1. The Kier molecular flexibility index (Phi) is 3.56. The molecule has 0 saturated heterocycles. The van der Waals surface area contributed by atoms with Crippen molar-refractivity contribution in [2.45, 2.75) is 0 Å². The summed E-state index contributed by atoms with van der Waals surface area (Å²) in [4.78, 5) is 12.3. The summed E-state index contributed by atoms with van der Waals surface area (Å²) in [5, 5.41) is 14.9. The van der Waals surface area contributed by atoms with Crippen molar-refractivity contribution < 1.29 is 9.21 Å². The molecule has 2 N–H and O–H groups in total. The molecule has 4 rings (SSSR count). The second kappa shape index (κ2) is 6.02. The van der Waals surface area contributed by atoms with E-state index in [-0.39, 0.29) is 5.91 Å². The van der Waals surface area contributed by atoms with E-state index in [1.807, 2.05) is 36.4 Å². The van der Waals surface area contributed by atoms with Gasteiger partial charge < -0.3 is 15.1 Å². The number of amides is 1. The molecular weight excluding hydrogens is 314 g/mol. The third kappa shape index (κ3) is 2.77. The van der Waals surface area contributed by atoms with E-state index in [2.05, 4.69) is 16.7 Å². The lowest BCUT2D eigenvalue weighted by Gasteiger charge is -2.04. The Labute approximate surface area is 144 Å². The number of nitrogens with one attached hydrogen (secondary N) is 2. The Bertz CT molecular complexity index is 1030. The summed E-state index contributed by atoms with van der Waals surface area (Å²) in [6, 6.07) is 18.6. The Hall–Kier alpha value is -3.78. The van der Waals surface area contributed by atoms with Crippen LogP contribution in [0.4, 0.5) is 11.4 Å². The van der Waals surface area contributed by atoms with Crippen molar-refractivity contribution in [3.8, 4) is 17.4 Å². The molecule has 0 aliphatic carbocycles. The molecule has 1 aliphatic rings. The lowest BCUT2D eigenvalue weighted by atomic mass is 10.0. The molecule has 120 valence electrons. The van der Waals surface area contributed by atoms with E-state index in [9.17, 15) is 4.79 Å². The molecule has 1 aliphatic heterocycles. The minimum atomic E-state index is -0.171. The predicted octanol–water partition coefficient (Wildman–Crippen LogP) is 4.22. The summed E-state index contributed by atoms with van der Waals surface area (Å²) in [7, 11) is 0. The van der Waals surface area contributed by atoms with Gasteiger partial charge in [0.05, 0.1) is 23.5 Å². The Balaban J connectivity index is 1.64. The zero-order valence-corrected chi connectivity index (χ0v) is 13.1. The highest BCUT2D eigenvalue weighted by Gasteiger charge is 2.24. The number of benzene rings is 2. The van der Waals surface area contributed by atoms with Gasteiger partial charge in [0.15, 0.2) is 0 Å². The van der Waals surface area contributed by atoms with Crippen LogP contribution in [0.1, 0.15) is 11.1 Å². The van der Waals surface area contributed by atoms with Crippen LogP contribution in [0.15, 0.2) is 71.5 Å². The summed E-state index contributed by atoms with van der Waals surface area (Å²) in [5.74, 6) is 0.580. The number of fused-ring (bicyclic) bond motifs is 1. The second-order valence-corrected chi connectivity index (χ2v) is 5.59. The van der Waals surface area contributed by atoms with E-state index in [0.29, 0.717) is 11.1 Å². The molecule has 5 nitrogen and oxygen atoms in total. The predicted molar refractivity (Wildman–Crippen MR) is 95.5 cm³/mol. The van der Waals surface area contributed by atoms with Crippen molar-refractivity contribution in [2.75, 3.05) is 10.6 Å². The van der Waals surface area contributed by atoms with Gasteiger partial charge in [-0.3, -0.25) is 4.79 Å². The standard InChI is InChI=1S/C20H13N3O2/c21-11-13-3-1-4-15(9-13)22-12-17-16-7-6-14(19-5-2-8-25-19)10-18(16)23-20(17)24/h1-10,12,22H,(H,23,24). The van der Waals surface area contributed by atoms with Gasteiger partial charge in [-0.15, -0.1) is 0 Å². The molecule has 0 spiro atoms. The fourth-order valence-electron chi connectivity index (χ4n) is 2.77. The molecule has 0 radical (unpaired) electrons. The SMILES string of the molecule is N#Cc1cccc(NC=C2C(=O)Nc3cc(-c4ccco4)ccc32)c1. The number of hydrogen-bond acceptors (Lipinski definition) is 4. The maximum atomic E-state index is 12.3. The molecule has 1 amide bonds. The first kappa shape index (κ1) is 14.8. The van der Waals surface area contributed by atoms with Gasteiger partial charge in [-0.25, -0.2) is 0 Å². The quantitative estimate of drug-likeness (QED) is 0.706. The van der Waals surface area contributed by atoms with Gasteiger partial charge in [0.1, 0.15) is 5.76 Å². The number of hydrogen-bond donors (Lipinski definition) is 2. The molecule has 0 unspecified atom stereocenters. The highest BCUT2D eigenvalue weighted by molar-refractivity contribution is 6.31. The average molecular weight is 327 g/mol. The number of carbonyl (C=O) groups excluding carboxylic acids is 1. The maximum absolute atomic E-state index is 12.3. The lowest BCUT2D eigenvalue weighted by Crippen LogP contribution is -2.05. The van der Waals surface area contributed by atoms with Crippen LogP contribution in [0.2, 0.25) is 0 Å². The highest BCUT2D eigenvalue weighted by Crippen LogP contribution is 2.35. The second-order valence-electron chi connectivity index (χ2n) is 5.59. The first-order valence-corrected chi connectivity index (χ1v) is 7.71. The summed E-state index contributed by atoms with van der Waals surface area (Å²) in [6.07, 6.45) is 3.27. The van der Waals surface area contributed by atoms with Crippen LogP contribution in [0.3, 0.4) is 0 Å². The van der Waals surface area contributed by atoms with Crippen molar-refractivity contribution in [1.82, 2.24) is 0 Å². The van der Waals surface area contributed by atoms with Crippen LogP contribution in [0.5, 0.6) is 0 Å². The molecule has 2 heterocycles. The molecule has 2 aromatic carbocycles. The van der Waals surface area contributed by atoms with Gasteiger partial charge in [-0.05, 0) is 36.4 Å². The topological polar surface area (TPSA) is 78.1 Å². The smallest absolute Gasteiger partial charge is 0.257 e. The van der Waals surface area contributed by atoms with Gasteiger partial charge in [-0.1, -0.05) is 18.2 Å². The van der Waals surface area contributed by atoms with Crippen molar-refractivity contribution in [3.05, 3.63) is 78.2 Å². The van der Waals surface area contributed by atoms with Crippen LogP contribution in [0.25, 0.3) is 16.9 Å². The zero-order chi connectivity index (χ0) is 17.2. The molecule has 5 heteroatoms. The Morgan fingerprint density at radius 2 is 2.04 bits per heavy atom. The van der Waals surface area contributed by atoms with Crippen molar-refractivity contribution >= 4 is 22.9 Å². The molecular formula is C20H13N3O2. The number of nitriles is 1. The van der Waals surface area contributed by atoms with E-state index in [4.69, 9.17) is 9.68 Å². The first-order chi connectivity index (χ1) is 12.2. The molecule has 0 fully saturated rings. The molecule has 0 bridgehead atoms. The fraction of sp³-hybridized carbons (Fsp3) is 0. The summed E-state index contributed by atoms with van der Waals surface area (Å²) < 4.78 is 5.39. The Morgan fingerprint density at radius 3 is 2.84 bits per heavy atom. The van der Waals surface area contributed by atoms with Gasteiger partial charge in [0, 0.05) is 28.7 Å². The fourth-order valence-corrected chi connectivity index (χ4v) is 2.77. The molecule has 0 atom stereocenters. The lowest BCUT2D eigenvalue weighted by molar-refractivity contribution is -0.110. The van der Waals surface area contributed by atoms with E-state index < -0.39 is 0 Å². The van der Waals surface area contributed by atoms with Crippen molar-refractivity contribution in [1.29, 1.82) is 5.26 Å². The minimum absolute atomic E-state index is 0.171. The van der Waals surface area contributed by atoms with Crippen LogP contribution < -0.4 is 10.6 Å². The maximum Gasteiger partial charge on any atom is 0.257 e. The highest BCUT2D eigenvalue weighted by atomic mass is 16.3. The summed E-state index contributed by atoms with van der Waals surface area (Å²) >= 11 is 0. The third-order valence-corrected chi connectivity index (χ3v) is 3.98. The molecule has 25 heavy (non-hydrogen) atoms. The van der Waals surface area contributed by atoms with Crippen molar-refractivity contribution in [3.63, 3.8) is 0 Å². The van der Waals surface area contributed by atoms with E-state index in [1.54, 1.807) is 30.7 Å². The average Bonchev–Trinajstić information content (AvgIpc) is 3.27. The van der Waals surface area contributed by atoms with Gasteiger partial charge in [0.2, 0.25) is 0 Å². The first-order valence-electron chi connectivity index (χ1n) is 7.71. The number of anilines is 2. The van der Waals surface area contributed by atoms with Gasteiger partial charge >= 0.3 is 0 Å². The van der Waals surface area contributed by atoms with Gasteiger partial charge in [-0.2, -0.15) is 5.26 Å². The van der Waals surface area contributed by atoms with Crippen LogP contribution >= 0.6 is 0 Å². The van der Waals surface area contributed by atoms with Gasteiger partial charge in [0.25, 0.3) is 5.91 Å². The summed E-state index contributed by atoms with van der Waals surface area (Å²) in [6.45, 7) is 0. The van der Waals surface area contributed by atoms with Crippen molar-refractivity contribution in [2.24, 2.45) is 0 Å². The van der Waals surface area contributed by atoms with E-state index >= 15 is 0 Å². The van der Waals surface area contributed by atoms with Crippen LogP contribution in [-0.2, 0) is 4.79 Å². The largest absolute Gasteiger partial charge is 0.464 e.